The first-order chi connectivity index (χ1) is 14.2. The van der Waals surface area contributed by atoms with Gasteiger partial charge in [-0.2, -0.15) is 0 Å². The molecule has 0 fully saturated rings. The van der Waals surface area contributed by atoms with E-state index in [0.29, 0.717) is 27.9 Å². The number of nitrogens with one attached hydrogen (secondary N) is 1. The van der Waals surface area contributed by atoms with Crippen LogP contribution in [0, 0.1) is 0 Å². The second-order valence-electron chi connectivity index (χ2n) is 6.24. The molecule has 0 unspecified atom stereocenters. The van der Waals surface area contributed by atoms with Crippen molar-refractivity contribution in [3.8, 4) is 11.3 Å². The maximum atomic E-state index is 12.7. The number of carbonyl (C=O) groups is 2. The second kappa shape index (κ2) is 8.35. The SMILES string of the molecule is O=C(COC(=O)c1cc(-c2ccncc2)nc2ccccc12)NCc1ccco1. The average Bonchev–Trinajstić information content (AvgIpc) is 3.29. The van der Waals surface area contributed by atoms with Crippen LogP contribution < -0.4 is 5.32 Å². The molecule has 0 radical (unpaired) electrons. The van der Waals surface area contributed by atoms with Gasteiger partial charge in [-0.3, -0.25) is 9.78 Å². The quantitative estimate of drug-likeness (QED) is 0.510. The summed E-state index contributed by atoms with van der Waals surface area (Å²) in [4.78, 5) is 33.3. The number of fused-ring (bicyclic) bond motifs is 1. The molecule has 1 N–H and O–H groups in total. The number of carbonyl (C=O) groups excluding carboxylic acids is 2. The highest BCUT2D eigenvalue weighted by Gasteiger charge is 2.16. The summed E-state index contributed by atoms with van der Waals surface area (Å²) in [7, 11) is 0. The van der Waals surface area contributed by atoms with Gasteiger partial charge in [0.2, 0.25) is 0 Å². The van der Waals surface area contributed by atoms with E-state index in [2.05, 4.69) is 15.3 Å². The number of ether oxygens (including phenoxy) is 1. The molecule has 0 saturated carbocycles. The van der Waals surface area contributed by atoms with Gasteiger partial charge in [-0.25, -0.2) is 9.78 Å². The third-order valence-corrected chi connectivity index (χ3v) is 4.29. The van der Waals surface area contributed by atoms with Crippen molar-refractivity contribution >= 4 is 22.8 Å². The Hall–Kier alpha value is -4.00. The Bertz CT molecular complexity index is 1140. The van der Waals surface area contributed by atoms with Crippen LogP contribution >= 0.6 is 0 Å². The number of aromatic nitrogens is 2. The Labute approximate surface area is 166 Å². The Morgan fingerprint density at radius 2 is 1.86 bits per heavy atom. The molecular formula is C22H17N3O4. The maximum absolute atomic E-state index is 12.7. The standard InChI is InChI=1S/C22H17N3O4/c26-21(24-13-16-4-3-11-28-16)14-29-22(27)18-12-20(15-7-9-23-10-8-15)25-19-6-2-1-5-17(18)19/h1-12H,13-14H2,(H,24,26). The van der Waals surface area contributed by atoms with E-state index in [1.54, 1.807) is 36.7 Å². The molecule has 0 aliphatic carbocycles. The van der Waals surface area contributed by atoms with E-state index < -0.39 is 11.9 Å². The van der Waals surface area contributed by atoms with Crippen LogP contribution in [0.25, 0.3) is 22.2 Å². The van der Waals surface area contributed by atoms with E-state index in [0.717, 1.165) is 5.56 Å². The molecule has 4 aromatic rings. The molecule has 7 heteroatoms. The van der Waals surface area contributed by atoms with Gasteiger partial charge in [0.05, 0.1) is 29.6 Å². The van der Waals surface area contributed by atoms with Crippen molar-refractivity contribution in [1.82, 2.24) is 15.3 Å². The van der Waals surface area contributed by atoms with E-state index >= 15 is 0 Å². The smallest absolute Gasteiger partial charge is 0.339 e. The zero-order valence-electron chi connectivity index (χ0n) is 15.4. The zero-order chi connectivity index (χ0) is 20.1. The van der Waals surface area contributed by atoms with Crippen LogP contribution in [0.2, 0.25) is 0 Å². The van der Waals surface area contributed by atoms with Gasteiger partial charge in [0.1, 0.15) is 5.76 Å². The van der Waals surface area contributed by atoms with Gasteiger partial charge in [-0.15, -0.1) is 0 Å². The van der Waals surface area contributed by atoms with Crippen LogP contribution in [-0.4, -0.2) is 28.5 Å². The van der Waals surface area contributed by atoms with Crippen LogP contribution in [0.5, 0.6) is 0 Å². The number of hydrogen-bond acceptors (Lipinski definition) is 6. The van der Waals surface area contributed by atoms with E-state index in [9.17, 15) is 9.59 Å². The maximum Gasteiger partial charge on any atom is 0.339 e. The molecule has 0 aliphatic rings. The summed E-state index contributed by atoms with van der Waals surface area (Å²) in [6.45, 7) is -0.158. The molecule has 0 spiro atoms. The molecule has 144 valence electrons. The van der Waals surface area contributed by atoms with Crippen molar-refractivity contribution in [1.29, 1.82) is 0 Å². The fourth-order valence-corrected chi connectivity index (χ4v) is 2.87. The molecule has 0 aliphatic heterocycles. The van der Waals surface area contributed by atoms with E-state index in [4.69, 9.17) is 9.15 Å². The minimum atomic E-state index is -0.591. The lowest BCUT2D eigenvalue weighted by Crippen LogP contribution is -2.28. The van der Waals surface area contributed by atoms with Crippen molar-refractivity contribution in [3.63, 3.8) is 0 Å². The Morgan fingerprint density at radius 1 is 1.03 bits per heavy atom. The van der Waals surface area contributed by atoms with E-state index in [1.165, 1.54) is 6.26 Å². The Morgan fingerprint density at radius 3 is 2.66 bits per heavy atom. The number of hydrogen-bond donors (Lipinski definition) is 1. The predicted molar refractivity (Wildman–Crippen MR) is 106 cm³/mol. The summed E-state index contributed by atoms with van der Waals surface area (Å²) >= 11 is 0. The Kier molecular flexibility index (Phi) is 5.29. The highest BCUT2D eigenvalue weighted by Crippen LogP contribution is 2.25. The summed E-state index contributed by atoms with van der Waals surface area (Å²) in [5, 5.41) is 3.30. The first-order valence-electron chi connectivity index (χ1n) is 8.97. The molecule has 3 aromatic heterocycles. The van der Waals surface area contributed by atoms with Crippen LogP contribution in [0.1, 0.15) is 16.1 Å². The first kappa shape index (κ1) is 18.4. The topological polar surface area (TPSA) is 94.3 Å². The number of nitrogens with zero attached hydrogens (tertiary/aromatic N) is 2. The zero-order valence-corrected chi connectivity index (χ0v) is 15.4. The van der Waals surface area contributed by atoms with Crippen LogP contribution in [-0.2, 0) is 16.1 Å². The highest BCUT2D eigenvalue weighted by molar-refractivity contribution is 6.05. The fraction of sp³-hybridized carbons (Fsp3) is 0.0909. The summed E-state index contributed by atoms with van der Waals surface area (Å²) in [5.74, 6) is -0.388. The van der Waals surface area contributed by atoms with Crippen LogP contribution in [0.3, 0.4) is 0 Å². The van der Waals surface area contributed by atoms with Crippen molar-refractivity contribution in [2.75, 3.05) is 6.61 Å². The van der Waals surface area contributed by atoms with Crippen LogP contribution in [0.15, 0.2) is 77.7 Å². The van der Waals surface area contributed by atoms with E-state index in [-0.39, 0.29) is 13.2 Å². The molecular weight excluding hydrogens is 370 g/mol. The largest absolute Gasteiger partial charge is 0.467 e. The molecule has 3 heterocycles. The first-order valence-corrected chi connectivity index (χ1v) is 8.97. The monoisotopic (exact) mass is 387 g/mol. The summed E-state index contributed by atoms with van der Waals surface area (Å²) in [6, 6.07) is 16.1. The van der Waals surface area contributed by atoms with Gasteiger partial charge in [0, 0.05) is 23.3 Å². The van der Waals surface area contributed by atoms with Crippen molar-refractivity contribution in [2.24, 2.45) is 0 Å². The van der Waals surface area contributed by atoms with Gasteiger partial charge in [-0.1, -0.05) is 18.2 Å². The van der Waals surface area contributed by atoms with Gasteiger partial charge in [0.15, 0.2) is 6.61 Å². The number of pyridine rings is 2. The highest BCUT2D eigenvalue weighted by atomic mass is 16.5. The number of furan rings is 1. The van der Waals surface area contributed by atoms with Gasteiger partial charge in [0.25, 0.3) is 5.91 Å². The third kappa shape index (κ3) is 4.30. The summed E-state index contributed by atoms with van der Waals surface area (Å²) in [6.07, 6.45) is 4.84. The van der Waals surface area contributed by atoms with Crippen molar-refractivity contribution < 1.29 is 18.7 Å². The average molecular weight is 387 g/mol. The lowest BCUT2D eigenvalue weighted by Gasteiger charge is -2.10. The normalized spacial score (nSPS) is 10.6. The number of rotatable bonds is 6. The fourth-order valence-electron chi connectivity index (χ4n) is 2.87. The van der Waals surface area contributed by atoms with Gasteiger partial charge in [-0.05, 0) is 36.4 Å². The molecule has 0 atom stereocenters. The number of amides is 1. The van der Waals surface area contributed by atoms with Crippen molar-refractivity contribution in [3.05, 3.63) is 84.6 Å². The van der Waals surface area contributed by atoms with Gasteiger partial charge < -0.3 is 14.5 Å². The van der Waals surface area contributed by atoms with Crippen LogP contribution in [0.4, 0.5) is 0 Å². The lowest BCUT2D eigenvalue weighted by molar-refractivity contribution is -0.124. The predicted octanol–water partition coefficient (Wildman–Crippen LogP) is 3.36. The summed E-state index contributed by atoms with van der Waals surface area (Å²) < 4.78 is 10.4. The minimum absolute atomic E-state index is 0.230. The molecule has 1 aromatic carbocycles. The molecule has 0 bridgehead atoms. The molecule has 7 nitrogen and oxygen atoms in total. The molecule has 1 amide bonds. The molecule has 29 heavy (non-hydrogen) atoms. The minimum Gasteiger partial charge on any atom is -0.467 e. The van der Waals surface area contributed by atoms with Crippen molar-refractivity contribution in [2.45, 2.75) is 6.54 Å². The Balaban J connectivity index is 1.52. The molecule has 0 saturated heterocycles. The number of benzene rings is 1. The molecule has 4 rings (SSSR count). The summed E-state index contributed by atoms with van der Waals surface area (Å²) in [5.41, 5.74) is 2.47. The van der Waals surface area contributed by atoms with E-state index in [1.807, 2.05) is 30.3 Å². The lowest BCUT2D eigenvalue weighted by atomic mass is 10.0. The number of esters is 1. The third-order valence-electron chi connectivity index (χ3n) is 4.29. The second-order valence-corrected chi connectivity index (χ2v) is 6.24. The van der Waals surface area contributed by atoms with Gasteiger partial charge >= 0.3 is 5.97 Å². The number of para-hydroxylation sites is 1.